The van der Waals surface area contributed by atoms with Crippen molar-refractivity contribution in [2.45, 2.75) is 69.8 Å². The van der Waals surface area contributed by atoms with Crippen LogP contribution in [0.5, 0.6) is 0 Å². The van der Waals surface area contributed by atoms with E-state index in [-0.39, 0.29) is 23.8 Å². The fourth-order valence-electron chi connectivity index (χ4n) is 5.05. The van der Waals surface area contributed by atoms with Crippen LogP contribution >= 0.6 is 0 Å². The minimum atomic E-state index is -4.36. The van der Waals surface area contributed by atoms with E-state index in [0.717, 1.165) is 31.2 Å². The molecule has 3 rings (SSSR count). The second kappa shape index (κ2) is 8.64. The van der Waals surface area contributed by atoms with E-state index in [1.54, 1.807) is 18.7 Å². The molecule has 1 aromatic carbocycles. The lowest BCUT2D eigenvalue weighted by molar-refractivity contribution is -0.159. The molecular formula is C22H31F3N2O2. The number of benzene rings is 1. The zero-order valence-corrected chi connectivity index (χ0v) is 17.1. The van der Waals surface area contributed by atoms with Gasteiger partial charge in [0.1, 0.15) is 0 Å². The topological polar surface area (TPSA) is 52.6 Å². The van der Waals surface area contributed by atoms with Gasteiger partial charge in [-0.2, -0.15) is 13.2 Å². The maximum atomic E-state index is 13.3. The van der Waals surface area contributed by atoms with Gasteiger partial charge in [-0.05, 0) is 30.7 Å². The number of carbonyl (C=O) groups is 1. The molecule has 1 aromatic rings. The second-order valence-corrected chi connectivity index (χ2v) is 8.75. The summed E-state index contributed by atoms with van der Waals surface area (Å²) < 4.78 is 38.2. The van der Waals surface area contributed by atoms with Crippen molar-refractivity contribution in [2.75, 3.05) is 13.1 Å². The molecule has 1 amide bonds. The molecule has 1 aliphatic heterocycles. The number of piperidine rings is 1. The Morgan fingerprint density at radius 2 is 1.90 bits per heavy atom. The van der Waals surface area contributed by atoms with Crippen molar-refractivity contribution in [3.05, 3.63) is 35.9 Å². The van der Waals surface area contributed by atoms with Gasteiger partial charge in [0.2, 0.25) is 5.91 Å². The van der Waals surface area contributed by atoms with Gasteiger partial charge < -0.3 is 10.0 Å². The number of alkyl halides is 3. The molecule has 1 saturated heterocycles. The van der Waals surface area contributed by atoms with Crippen LogP contribution in [0.1, 0.15) is 51.5 Å². The van der Waals surface area contributed by atoms with E-state index in [9.17, 15) is 23.1 Å². The molecule has 4 atom stereocenters. The highest BCUT2D eigenvalue weighted by Gasteiger charge is 2.51. The lowest BCUT2D eigenvalue weighted by atomic mass is 9.66. The number of aliphatic hydroxyl groups is 1. The van der Waals surface area contributed by atoms with E-state index < -0.39 is 24.4 Å². The van der Waals surface area contributed by atoms with Crippen molar-refractivity contribution in [2.24, 2.45) is 11.8 Å². The number of fused-ring (bicyclic) bond motifs is 1. The molecule has 29 heavy (non-hydrogen) atoms. The highest BCUT2D eigenvalue weighted by molar-refractivity contribution is 5.82. The smallest absolute Gasteiger partial charge is 0.385 e. The molecule has 2 aliphatic rings. The van der Waals surface area contributed by atoms with Crippen molar-refractivity contribution in [3.63, 3.8) is 0 Å². The average molecular weight is 412 g/mol. The zero-order valence-electron chi connectivity index (χ0n) is 17.1. The van der Waals surface area contributed by atoms with Gasteiger partial charge in [0.15, 0.2) is 0 Å². The number of hydrogen-bond donors (Lipinski definition) is 2. The lowest BCUT2D eigenvalue weighted by Crippen LogP contribution is -2.62. The Bertz CT molecular complexity index is 695. The van der Waals surface area contributed by atoms with Crippen molar-refractivity contribution < 1.29 is 23.1 Å². The summed E-state index contributed by atoms with van der Waals surface area (Å²) in [5.41, 5.74) is -0.143. The first-order valence-electron chi connectivity index (χ1n) is 10.5. The molecule has 1 heterocycles. The number of halogens is 3. The quantitative estimate of drug-likeness (QED) is 0.773. The molecule has 0 bridgehead atoms. The van der Waals surface area contributed by atoms with E-state index >= 15 is 0 Å². The minimum Gasteiger partial charge on any atom is -0.385 e. The van der Waals surface area contributed by atoms with Crippen LogP contribution in [0.15, 0.2) is 30.3 Å². The highest BCUT2D eigenvalue weighted by Crippen LogP contribution is 2.47. The molecular weight excluding hydrogens is 381 g/mol. The summed E-state index contributed by atoms with van der Waals surface area (Å²) in [4.78, 5) is 15.0. The predicted molar refractivity (Wildman–Crippen MR) is 105 cm³/mol. The third-order valence-corrected chi connectivity index (χ3v) is 6.49. The van der Waals surface area contributed by atoms with E-state index in [1.165, 1.54) is 0 Å². The Kier molecular flexibility index (Phi) is 6.58. The summed E-state index contributed by atoms with van der Waals surface area (Å²) in [5.74, 6) is -0.648. The van der Waals surface area contributed by atoms with Gasteiger partial charge >= 0.3 is 6.18 Å². The largest absolute Gasteiger partial charge is 0.401 e. The maximum absolute atomic E-state index is 13.3. The molecule has 0 spiro atoms. The van der Waals surface area contributed by atoms with Gasteiger partial charge in [0, 0.05) is 18.5 Å². The van der Waals surface area contributed by atoms with Crippen LogP contribution in [-0.2, 0) is 10.4 Å². The van der Waals surface area contributed by atoms with E-state index in [1.807, 2.05) is 30.3 Å². The Morgan fingerprint density at radius 3 is 2.52 bits per heavy atom. The summed E-state index contributed by atoms with van der Waals surface area (Å²) >= 11 is 0. The maximum Gasteiger partial charge on any atom is 0.401 e. The molecule has 2 N–H and O–H groups in total. The summed E-state index contributed by atoms with van der Waals surface area (Å²) in [6.45, 7) is 2.68. The first-order valence-corrected chi connectivity index (χ1v) is 10.5. The molecule has 1 unspecified atom stereocenters. The van der Waals surface area contributed by atoms with Crippen LogP contribution in [0, 0.1) is 11.8 Å². The third-order valence-electron chi connectivity index (χ3n) is 6.49. The van der Waals surface area contributed by atoms with Crippen LogP contribution in [0.2, 0.25) is 0 Å². The van der Waals surface area contributed by atoms with E-state index in [0.29, 0.717) is 13.0 Å². The highest BCUT2D eigenvalue weighted by atomic mass is 19.4. The Hall–Kier alpha value is -1.60. The number of carbonyl (C=O) groups excluding carboxylic acids is 1. The van der Waals surface area contributed by atoms with Gasteiger partial charge in [-0.3, -0.25) is 10.1 Å². The Balaban J connectivity index is 1.83. The van der Waals surface area contributed by atoms with Crippen molar-refractivity contribution in [1.29, 1.82) is 0 Å². The van der Waals surface area contributed by atoms with Crippen LogP contribution in [0.3, 0.4) is 0 Å². The summed E-state index contributed by atoms with van der Waals surface area (Å²) in [6.07, 6.45) is -0.446. The fraction of sp³-hybridized carbons (Fsp3) is 0.682. The average Bonchev–Trinajstić information content (AvgIpc) is 2.68. The SMILES string of the molecule is CC(C)[C@H](NCC(F)(F)F)C(=O)N1CCC(O)(c2ccccc2)[C@@H]2CCCC[C@@H]21. The number of nitrogens with one attached hydrogen (secondary N) is 1. The molecule has 0 radical (unpaired) electrons. The van der Waals surface area contributed by atoms with Crippen LogP contribution in [0.25, 0.3) is 0 Å². The van der Waals surface area contributed by atoms with Crippen molar-refractivity contribution >= 4 is 5.91 Å². The van der Waals surface area contributed by atoms with E-state index in [2.05, 4.69) is 5.32 Å². The fourth-order valence-corrected chi connectivity index (χ4v) is 5.05. The first kappa shape index (κ1) is 22.1. The van der Waals surface area contributed by atoms with E-state index in [4.69, 9.17) is 0 Å². The number of amides is 1. The molecule has 2 fully saturated rings. The second-order valence-electron chi connectivity index (χ2n) is 8.75. The first-order chi connectivity index (χ1) is 13.6. The Morgan fingerprint density at radius 1 is 1.24 bits per heavy atom. The molecule has 7 heteroatoms. The monoisotopic (exact) mass is 412 g/mol. The number of likely N-dealkylation sites (tertiary alicyclic amines) is 1. The molecule has 1 aliphatic carbocycles. The zero-order chi connectivity index (χ0) is 21.2. The predicted octanol–water partition coefficient (Wildman–Crippen LogP) is 3.84. The number of rotatable bonds is 5. The van der Waals surface area contributed by atoms with Crippen molar-refractivity contribution in [1.82, 2.24) is 10.2 Å². The van der Waals surface area contributed by atoms with Gasteiger partial charge in [-0.25, -0.2) is 0 Å². The van der Waals surface area contributed by atoms with Gasteiger partial charge in [0.05, 0.1) is 18.2 Å². The van der Waals surface area contributed by atoms with Crippen LogP contribution < -0.4 is 5.32 Å². The van der Waals surface area contributed by atoms with Gasteiger partial charge in [0.25, 0.3) is 0 Å². The normalized spacial score (nSPS) is 28.9. The van der Waals surface area contributed by atoms with Crippen molar-refractivity contribution in [3.8, 4) is 0 Å². The summed E-state index contributed by atoms with van der Waals surface area (Å²) in [5, 5.41) is 14.0. The molecule has 162 valence electrons. The molecule has 4 nitrogen and oxygen atoms in total. The molecule has 0 aromatic heterocycles. The Labute approximate surface area is 170 Å². The summed E-state index contributed by atoms with van der Waals surface area (Å²) in [6, 6.07) is 8.52. The number of hydrogen-bond acceptors (Lipinski definition) is 3. The third kappa shape index (κ3) is 4.77. The van der Waals surface area contributed by atoms with Crippen LogP contribution in [-0.4, -0.2) is 47.3 Å². The standard InChI is InChI=1S/C22H31F3N2O2/c1-15(2)19(26-14-22(23,24)25)20(28)27-13-12-21(29,16-8-4-3-5-9-16)17-10-6-7-11-18(17)27/h3-5,8-9,15,17-19,26,29H,6-7,10-14H2,1-2H3/t17-,18+,19+,21?/m1/s1. The summed E-state index contributed by atoms with van der Waals surface area (Å²) in [7, 11) is 0. The van der Waals surface area contributed by atoms with Gasteiger partial charge in [-0.1, -0.05) is 57.0 Å². The lowest BCUT2D eigenvalue weighted by Gasteiger charge is -2.53. The minimum absolute atomic E-state index is 0.105. The molecule has 1 saturated carbocycles. The van der Waals surface area contributed by atoms with Crippen LogP contribution in [0.4, 0.5) is 13.2 Å². The van der Waals surface area contributed by atoms with Gasteiger partial charge in [-0.15, -0.1) is 0 Å². The number of nitrogens with zero attached hydrogens (tertiary/aromatic N) is 1.